The van der Waals surface area contributed by atoms with Crippen LogP contribution >= 0.6 is 11.3 Å². The lowest BCUT2D eigenvalue weighted by Crippen LogP contribution is -2.38. The molecule has 1 rings (SSSR count). The molecule has 1 aromatic heterocycles. The standard InChI is InChI=1S/C15H25N3O2S/c1-3-4-5-7-11(2)17-14(19)10-12(18-15(16)20)13-8-6-9-21-13/h6,8-9,11-12H,3-5,7,10H2,1-2H3,(H,17,19)(H3,16,18,20). The van der Waals surface area contributed by atoms with E-state index in [0.29, 0.717) is 0 Å². The van der Waals surface area contributed by atoms with Gasteiger partial charge >= 0.3 is 6.03 Å². The van der Waals surface area contributed by atoms with Gasteiger partial charge in [-0.25, -0.2) is 4.79 Å². The van der Waals surface area contributed by atoms with Crippen molar-refractivity contribution in [3.63, 3.8) is 0 Å². The predicted molar refractivity (Wildman–Crippen MR) is 86.1 cm³/mol. The zero-order valence-electron chi connectivity index (χ0n) is 12.7. The molecule has 5 nitrogen and oxygen atoms in total. The number of rotatable bonds is 9. The number of hydrogen-bond donors (Lipinski definition) is 3. The molecule has 2 atom stereocenters. The molecule has 0 bridgehead atoms. The Balaban J connectivity index is 2.47. The van der Waals surface area contributed by atoms with Crippen LogP contribution in [0.3, 0.4) is 0 Å². The number of unbranched alkanes of at least 4 members (excludes halogenated alkanes) is 2. The lowest BCUT2D eigenvalue weighted by molar-refractivity contribution is -0.122. The second-order valence-corrected chi connectivity index (χ2v) is 6.22. The molecular formula is C15H25N3O2S. The van der Waals surface area contributed by atoms with Crippen molar-refractivity contribution >= 4 is 23.3 Å². The molecule has 4 N–H and O–H groups in total. The summed E-state index contributed by atoms with van der Waals surface area (Å²) in [7, 11) is 0. The lowest BCUT2D eigenvalue weighted by atomic mass is 10.1. The van der Waals surface area contributed by atoms with Crippen molar-refractivity contribution in [1.29, 1.82) is 0 Å². The third-order valence-corrected chi connectivity index (χ3v) is 4.23. The molecule has 0 aliphatic carbocycles. The molecule has 2 unspecified atom stereocenters. The van der Waals surface area contributed by atoms with Crippen LogP contribution in [0, 0.1) is 0 Å². The number of carbonyl (C=O) groups is 2. The number of amides is 3. The third kappa shape index (κ3) is 7.13. The minimum absolute atomic E-state index is 0.0638. The molecule has 0 aliphatic rings. The molecule has 21 heavy (non-hydrogen) atoms. The van der Waals surface area contributed by atoms with E-state index in [-0.39, 0.29) is 24.4 Å². The number of hydrogen-bond acceptors (Lipinski definition) is 3. The SMILES string of the molecule is CCCCCC(C)NC(=O)CC(NC(N)=O)c1cccs1. The summed E-state index contributed by atoms with van der Waals surface area (Å²) in [5.41, 5.74) is 5.18. The molecule has 0 saturated heterocycles. The molecule has 0 aliphatic heterocycles. The third-order valence-electron chi connectivity index (χ3n) is 3.24. The van der Waals surface area contributed by atoms with Gasteiger partial charge in [-0.15, -0.1) is 11.3 Å². The fraction of sp³-hybridized carbons (Fsp3) is 0.600. The molecule has 3 amide bonds. The summed E-state index contributed by atoms with van der Waals surface area (Å²) >= 11 is 1.50. The van der Waals surface area contributed by atoms with Gasteiger partial charge in [0.15, 0.2) is 0 Å². The molecule has 0 spiro atoms. The van der Waals surface area contributed by atoms with Gasteiger partial charge < -0.3 is 16.4 Å². The lowest BCUT2D eigenvalue weighted by Gasteiger charge is -2.18. The molecule has 6 heteroatoms. The van der Waals surface area contributed by atoms with E-state index in [4.69, 9.17) is 5.73 Å². The minimum atomic E-state index is -0.614. The average molecular weight is 311 g/mol. The number of nitrogens with two attached hydrogens (primary N) is 1. The normalized spacial score (nSPS) is 13.4. The Bertz CT molecular complexity index is 434. The second-order valence-electron chi connectivity index (χ2n) is 5.25. The summed E-state index contributed by atoms with van der Waals surface area (Å²) in [5.74, 6) is -0.0638. The molecule has 118 valence electrons. The molecule has 0 aromatic carbocycles. The van der Waals surface area contributed by atoms with Crippen molar-refractivity contribution < 1.29 is 9.59 Å². The Labute approximate surface area is 130 Å². The van der Waals surface area contributed by atoms with E-state index < -0.39 is 6.03 Å². The Morgan fingerprint density at radius 2 is 2.10 bits per heavy atom. The molecular weight excluding hydrogens is 286 g/mol. The Hall–Kier alpha value is -1.56. The van der Waals surface area contributed by atoms with E-state index in [1.165, 1.54) is 24.2 Å². The van der Waals surface area contributed by atoms with Crippen LogP contribution < -0.4 is 16.4 Å². The molecule has 1 heterocycles. The summed E-state index contributed by atoms with van der Waals surface area (Å²) in [4.78, 5) is 24.1. The number of carbonyl (C=O) groups excluding carboxylic acids is 2. The maximum absolute atomic E-state index is 12.1. The molecule has 0 fully saturated rings. The van der Waals surface area contributed by atoms with Crippen molar-refractivity contribution in [2.24, 2.45) is 5.73 Å². The monoisotopic (exact) mass is 311 g/mol. The Morgan fingerprint density at radius 1 is 1.33 bits per heavy atom. The first-order valence-electron chi connectivity index (χ1n) is 7.41. The maximum Gasteiger partial charge on any atom is 0.312 e. The van der Waals surface area contributed by atoms with Crippen molar-refractivity contribution in [2.75, 3.05) is 0 Å². The van der Waals surface area contributed by atoms with Crippen LogP contribution in [-0.4, -0.2) is 18.0 Å². The quantitative estimate of drug-likeness (QED) is 0.613. The van der Waals surface area contributed by atoms with E-state index in [1.807, 2.05) is 24.4 Å². The summed E-state index contributed by atoms with van der Waals surface area (Å²) in [5, 5.41) is 7.52. The number of thiophene rings is 1. The van der Waals surface area contributed by atoms with Gasteiger partial charge in [-0.1, -0.05) is 32.3 Å². The van der Waals surface area contributed by atoms with Crippen LogP contribution in [0.5, 0.6) is 0 Å². The van der Waals surface area contributed by atoms with E-state index in [0.717, 1.165) is 17.7 Å². The van der Waals surface area contributed by atoms with Crippen LogP contribution in [0.1, 0.15) is 56.9 Å². The smallest absolute Gasteiger partial charge is 0.312 e. The van der Waals surface area contributed by atoms with Gasteiger partial charge in [0, 0.05) is 10.9 Å². The minimum Gasteiger partial charge on any atom is -0.354 e. The topological polar surface area (TPSA) is 84.2 Å². The first-order valence-corrected chi connectivity index (χ1v) is 8.29. The van der Waals surface area contributed by atoms with Gasteiger partial charge in [-0.05, 0) is 24.8 Å². The van der Waals surface area contributed by atoms with E-state index in [9.17, 15) is 9.59 Å². The summed E-state index contributed by atoms with van der Waals surface area (Å²) < 4.78 is 0. The van der Waals surface area contributed by atoms with Gasteiger partial charge in [0.05, 0.1) is 12.5 Å². The predicted octanol–water partition coefficient (Wildman–Crippen LogP) is 2.93. The van der Waals surface area contributed by atoms with E-state index in [2.05, 4.69) is 17.6 Å². The zero-order chi connectivity index (χ0) is 15.7. The highest BCUT2D eigenvalue weighted by Crippen LogP contribution is 2.22. The first kappa shape index (κ1) is 17.5. The van der Waals surface area contributed by atoms with Crippen LogP contribution in [-0.2, 0) is 4.79 Å². The van der Waals surface area contributed by atoms with Crippen molar-refractivity contribution in [3.8, 4) is 0 Å². The highest BCUT2D eigenvalue weighted by molar-refractivity contribution is 7.10. The largest absolute Gasteiger partial charge is 0.354 e. The number of urea groups is 1. The van der Waals surface area contributed by atoms with Gasteiger partial charge in [-0.2, -0.15) is 0 Å². The molecule has 1 aromatic rings. The first-order chi connectivity index (χ1) is 10.0. The molecule has 0 saturated carbocycles. The van der Waals surface area contributed by atoms with E-state index >= 15 is 0 Å². The van der Waals surface area contributed by atoms with E-state index in [1.54, 1.807) is 0 Å². The van der Waals surface area contributed by atoms with Gasteiger partial charge in [0.1, 0.15) is 0 Å². The average Bonchev–Trinajstić information content (AvgIpc) is 2.91. The number of primary amides is 1. The van der Waals surface area contributed by atoms with Gasteiger partial charge in [0.2, 0.25) is 5.91 Å². The second kappa shape index (κ2) is 9.39. The Kier molecular flexibility index (Phi) is 7.82. The van der Waals surface area contributed by atoms with Crippen LogP contribution in [0.4, 0.5) is 4.79 Å². The Morgan fingerprint density at radius 3 is 2.67 bits per heavy atom. The summed E-state index contributed by atoms with van der Waals surface area (Å²) in [6.07, 6.45) is 4.66. The van der Waals surface area contributed by atoms with Crippen molar-refractivity contribution in [3.05, 3.63) is 22.4 Å². The van der Waals surface area contributed by atoms with Gasteiger partial charge in [0.25, 0.3) is 0 Å². The van der Waals surface area contributed by atoms with Crippen LogP contribution in [0.15, 0.2) is 17.5 Å². The molecule has 0 radical (unpaired) electrons. The zero-order valence-corrected chi connectivity index (χ0v) is 13.5. The van der Waals surface area contributed by atoms with Gasteiger partial charge in [-0.3, -0.25) is 4.79 Å². The highest BCUT2D eigenvalue weighted by Gasteiger charge is 2.19. The maximum atomic E-state index is 12.1. The van der Waals surface area contributed by atoms with Crippen molar-refractivity contribution in [2.45, 2.75) is 58.0 Å². The van der Waals surface area contributed by atoms with Crippen LogP contribution in [0.2, 0.25) is 0 Å². The van der Waals surface area contributed by atoms with Crippen molar-refractivity contribution in [1.82, 2.24) is 10.6 Å². The summed E-state index contributed by atoms with van der Waals surface area (Å²) in [6.45, 7) is 4.17. The number of nitrogens with one attached hydrogen (secondary N) is 2. The fourth-order valence-electron chi connectivity index (χ4n) is 2.18. The fourth-order valence-corrected chi connectivity index (χ4v) is 2.95. The highest BCUT2D eigenvalue weighted by atomic mass is 32.1. The van der Waals surface area contributed by atoms with Crippen LogP contribution in [0.25, 0.3) is 0 Å². The summed E-state index contributed by atoms with van der Waals surface area (Å²) in [6, 6.07) is 2.97.